The lowest BCUT2D eigenvalue weighted by Crippen LogP contribution is -2.38. The molecule has 1 heterocycles. The molecule has 0 saturated heterocycles. The number of halogens is 2. The summed E-state index contributed by atoms with van der Waals surface area (Å²) in [4.78, 5) is 13.8. The topological polar surface area (TPSA) is 29.5 Å². The molecule has 0 spiro atoms. The largest absolute Gasteiger partial charge is 0.481 e. The molecule has 1 atom stereocenters. The summed E-state index contributed by atoms with van der Waals surface area (Å²) in [6.45, 7) is 1.90. The van der Waals surface area contributed by atoms with E-state index >= 15 is 0 Å². The molecule has 1 aliphatic heterocycles. The SMILES string of the molecule is CC1Oc2ccccc2CN(c2cc(Cl)ccc2F)C1=O. The van der Waals surface area contributed by atoms with Crippen molar-refractivity contribution in [2.45, 2.75) is 19.6 Å². The Bertz CT molecular complexity index is 704. The Morgan fingerprint density at radius 1 is 1.29 bits per heavy atom. The van der Waals surface area contributed by atoms with Crippen LogP contribution < -0.4 is 9.64 Å². The van der Waals surface area contributed by atoms with Gasteiger partial charge in [-0.2, -0.15) is 0 Å². The van der Waals surface area contributed by atoms with Crippen LogP contribution in [0.5, 0.6) is 5.75 Å². The van der Waals surface area contributed by atoms with Crippen LogP contribution in [0.15, 0.2) is 42.5 Å². The fourth-order valence-electron chi connectivity index (χ4n) is 2.35. The number of fused-ring (bicyclic) bond motifs is 1. The minimum absolute atomic E-state index is 0.166. The molecule has 0 aromatic heterocycles. The summed E-state index contributed by atoms with van der Waals surface area (Å²) in [5.74, 6) is -0.144. The summed E-state index contributed by atoms with van der Waals surface area (Å²) in [5.41, 5.74) is 0.995. The minimum atomic E-state index is -0.688. The lowest BCUT2D eigenvalue weighted by Gasteiger charge is -2.23. The molecule has 2 aromatic rings. The smallest absolute Gasteiger partial charge is 0.268 e. The molecular formula is C16H13ClFNO2. The first-order valence-corrected chi connectivity index (χ1v) is 6.95. The van der Waals surface area contributed by atoms with Gasteiger partial charge in [-0.05, 0) is 31.2 Å². The van der Waals surface area contributed by atoms with Crippen LogP contribution in [0, 0.1) is 5.82 Å². The van der Waals surface area contributed by atoms with Crippen molar-refractivity contribution < 1.29 is 13.9 Å². The molecular weight excluding hydrogens is 293 g/mol. The number of anilines is 1. The van der Waals surface area contributed by atoms with Crippen molar-refractivity contribution >= 4 is 23.2 Å². The van der Waals surface area contributed by atoms with Crippen LogP contribution >= 0.6 is 11.6 Å². The van der Waals surface area contributed by atoms with Gasteiger partial charge in [0.05, 0.1) is 12.2 Å². The zero-order valence-electron chi connectivity index (χ0n) is 11.3. The fraction of sp³-hybridized carbons (Fsp3) is 0.188. The second-order valence-electron chi connectivity index (χ2n) is 4.89. The van der Waals surface area contributed by atoms with E-state index in [4.69, 9.17) is 16.3 Å². The molecule has 0 saturated carbocycles. The van der Waals surface area contributed by atoms with E-state index in [1.165, 1.54) is 23.1 Å². The number of hydrogen-bond acceptors (Lipinski definition) is 2. The molecule has 21 heavy (non-hydrogen) atoms. The summed E-state index contributed by atoms with van der Waals surface area (Å²) in [7, 11) is 0. The highest BCUT2D eigenvalue weighted by Gasteiger charge is 2.30. The van der Waals surface area contributed by atoms with Gasteiger partial charge in [-0.1, -0.05) is 29.8 Å². The van der Waals surface area contributed by atoms with Gasteiger partial charge in [0.15, 0.2) is 6.10 Å². The van der Waals surface area contributed by atoms with E-state index in [-0.39, 0.29) is 18.1 Å². The fourth-order valence-corrected chi connectivity index (χ4v) is 2.52. The number of para-hydroxylation sites is 1. The maximum Gasteiger partial charge on any atom is 0.268 e. The predicted octanol–water partition coefficient (Wildman–Crippen LogP) is 3.79. The van der Waals surface area contributed by atoms with Gasteiger partial charge in [-0.3, -0.25) is 4.79 Å². The molecule has 3 nitrogen and oxygen atoms in total. The number of hydrogen-bond donors (Lipinski definition) is 0. The van der Waals surface area contributed by atoms with Gasteiger partial charge in [0, 0.05) is 10.6 Å². The maximum absolute atomic E-state index is 14.1. The van der Waals surface area contributed by atoms with Crippen molar-refractivity contribution in [2.24, 2.45) is 0 Å². The monoisotopic (exact) mass is 305 g/mol. The maximum atomic E-state index is 14.1. The van der Waals surface area contributed by atoms with E-state index < -0.39 is 11.9 Å². The average Bonchev–Trinajstić information content (AvgIpc) is 2.59. The van der Waals surface area contributed by atoms with Gasteiger partial charge in [0.1, 0.15) is 11.6 Å². The van der Waals surface area contributed by atoms with Crippen molar-refractivity contribution in [1.29, 1.82) is 0 Å². The Labute approximate surface area is 126 Å². The van der Waals surface area contributed by atoms with Gasteiger partial charge in [0.2, 0.25) is 0 Å². The zero-order valence-corrected chi connectivity index (χ0v) is 12.1. The molecule has 0 fully saturated rings. The van der Waals surface area contributed by atoms with Crippen molar-refractivity contribution in [3.8, 4) is 5.75 Å². The van der Waals surface area contributed by atoms with E-state index in [0.29, 0.717) is 10.8 Å². The molecule has 1 aliphatic rings. The highest BCUT2D eigenvalue weighted by atomic mass is 35.5. The van der Waals surface area contributed by atoms with Gasteiger partial charge in [-0.25, -0.2) is 4.39 Å². The lowest BCUT2D eigenvalue weighted by atomic mass is 10.1. The van der Waals surface area contributed by atoms with Crippen LogP contribution in [-0.2, 0) is 11.3 Å². The molecule has 0 aliphatic carbocycles. The van der Waals surface area contributed by atoms with Crippen LogP contribution in [0.25, 0.3) is 0 Å². The standard InChI is InChI=1S/C16H13ClFNO2/c1-10-16(20)19(14-8-12(17)6-7-13(14)18)9-11-4-2-3-5-15(11)21-10/h2-8,10H,9H2,1H3. The van der Waals surface area contributed by atoms with Crippen molar-refractivity contribution in [1.82, 2.24) is 0 Å². The number of carbonyl (C=O) groups is 1. The van der Waals surface area contributed by atoms with Crippen LogP contribution in [0.3, 0.4) is 0 Å². The molecule has 0 radical (unpaired) electrons. The number of nitrogens with zero attached hydrogens (tertiary/aromatic N) is 1. The third-order valence-corrected chi connectivity index (χ3v) is 3.65. The number of amides is 1. The Kier molecular flexibility index (Phi) is 3.55. The van der Waals surface area contributed by atoms with Crippen LogP contribution in [0.2, 0.25) is 5.02 Å². The highest BCUT2D eigenvalue weighted by molar-refractivity contribution is 6.31. The highest BCUT2D eigenvalue weighted by Crippen LogP contribution is 2.31. The second-order valence-corrected chi connectivity index (χ2v) is 5.32. The molecule has 2 aromatic carbocycles. The van der Waals surface area contributed by atoms with Crippen LogP contribution in [0.4, 0.5) is 10.1 Å². The third kappa shape index (κ3) is 2.59. The molecule has 0 bridgehead atoms. The van der Waals surface area contributed by atoms with E-state index in [9.17, 15) is 9.18 Å². The van der Waals surface area contributed by atoms with Crippen molar-refractivity contribution in [3.63, 3.8) is 0 Å². The average molecular weight is 306 g/mol. The Hall–Kier alpha value is -2.07. The third-order valence-electron chi connectivity index (χ3n) is 3.42. The molecule has 108 valence electrons. The van der Waals surface area contributed by atoms with E-state index in [1.54, 1.807) is 13.0 Å². The van der Waals surface area contributed by atoms with Gasteiger partial charge < -0.3 is 9.64 Å². The Balaban J connectivity index is 2.09. The van der Waals surface area contributed by atoms with E-state index in [2.05, 4.69) is 0 Å². The predicted molar refractivity (Wildman–Crippen MR) is 79.1 cm³/mol. The number of ether oxygens (including phenoxy) is 1. The quantitative estimate of drug-likeness (QED) is 0.802. The first-order valence-electron chi connectivity index (χ1n) is 6.57. The normalized spacial score (nSPS) is 18.0. The Morgan fingerprint density at radius 3 is 2.86 bits per heavy atom. The van der Waals surface area contributed by atoms with Gasteiger partial charge in [-0.15, -0.1) is 0 Å². The summed E-state index contributed by atoms with van der Waals surface area (Å²) in [6.07, 6.45) is -0.688. The first kappa shape index (κ1) is 13.9. The zero-order chi connectivity index (χ0) is 15.0. The summed E-state index contributed by atoms with van der Waals surface area (Å²) < 4.78 is 19.7. The molecule has 1 unspecified atom stereocenters. The number of rotatable bonds is 1. The number of carbonyl (C=O) groups excluding carboxylic acids is 1. The molecule has 5 heteroatoms. The van der Waals surface area contributed by atoms with E-state index in [0.717, 1.165) is 5.56 Å². The summed E-state index contributed by atoms with van der Waals surface area (Å²) in [6, 6.07) is 11.5. The molecule has 0 N–H and O–H groups in total. The summed E-state index contributed by atoms with van der Waals surface area (Å²) >= 11 is 5.93. The lowest BCUT2D eigenvalue weighted by molar-refractivity contribution is -0.124. The van der Waals surface area contributed by atoms with Crippen LogP contribution in [0.1, 0.15) is 12.5 Å². The van der Waals surface area contributed by atoms with Crippen molar-refractivity contribution in [3.05, 3.63) is 58.9 Å². The first-order chi connectivity index (χ1) is 10.1. The molecule has 1 amide bonds. The van der Waals surface area contributed by atoms with Gasteiger partial charge >= 0.3 is 0 Å². The minimum Gasteiger partial charge on any atom is -0.481 e. The van der Waals surface area contributed by atoms with Gasteiger partial charge in [0.25, 0.3) is 5.91 Å². The number of benzene rings is 2. The van der Waals surface area contributed by atoms with Crippen molar-refractivity contribution in [2.75, 3.05) is 4.90 Å². The van der Waals surface area contributed by atoms with Crippen LogP contribution in [-0.4, -0.2) is 12.0 Å². The Morgan fingerprint density at radius 2 is 2.05 bits per heavy atom. The molecule has 3 rings (SSSR count). The van der Waals surface area contributed by atoms with E-state index in [1.807, 2.05) is 18.2 Å². The second kappa shape index (κ2) is 5.37. The summed E-state index contributed by atoms with van der Waals surface area (Å²) in [5, 5.41) is 0.380.